The highest BCUT2D eigenvalue weighted by Gasteiger charge is 2.30. The Morgan fingerprint density at radius 2 is 1.88 bits per heavy atom. The smallest absolute Gasteiger partial charge is 0.159 e. The van der Waals surface area contributed by atoms with E-state index in [1.807, 2.05) is 6.07 Å². The predicted molar refractivity (Wildman–Crippen MR) is 97.5 cm³/mol. The highest BCUT2D eigenvalue weighted by atomic mass is 35.5. The van der Waals surface area contributed by atoms with Gasteiger partial charge in [-0.25, -0.2) is 13.8 Å². The summed E-state index contributed by atoms with van der Waals surface area (Å²) >= 11 is 0. The van der Waals surface area contributed by atoms with Gasteiger partial charge in [-0.15, -0.1) is 12.4 Å². The molecule has 0 saturated carbocycles. The van der Waals surface area contributed by atoms with Crippen LogP contribution in [0.15, 0.2) is 36.7 Å². The number of hydrogen-bond acceptors (Lipinski definition) is 3. The molecule has 0 spiro atoms. The van der Waals surface area contributed by atoms with Crippen LogP contribution in [0.3, 0.4) is 0 Å². The van der Waals surface area contributed by atoms with Crippen molar-refractivity contribution in [2.24, 2.45) is 0 Å². The van der Waals surface area contributed by atoms with E-state index < -0.39 is 11.6 Å². The molecule has 140 valence electrons. The minimum absolute atomic E-state index is 0. The number of hydrogen-bond donors (Lipinski definition) is 2. The maximum Gasteiger partial charge on any atom is 0.159 e. The lowest BCUT2D eigenvalue weighted by Gasteiger charge is -2.34. The Labute approximate surface area is 156 Å². The van der Waals surface area contributed by atoms with Crippen LogP contribution < -0.4 is 5.32 Å². The maximum absolute atomic E-state index is 13.6. The van der Waals surface area contributed by atoms with Crippen LogP contribution in [0, 0.1) is 11.6 Å². The van der Waals surface area contributed by atoms with E-state index in [4.69, 9.17) is 0 Å². The molecule has 8 heteroatoms. The minimum Gasteiger partial charge on any atom is -0.412 e. The molecule has 1 aromatic rings. The third kappa shape index (κ3) is 3.85. The van der Waals surface area contributed by atoms with Gasteiger partial charge >= 0.3 is 0 Å². The summed E-state index contributed by atoms with van der Waals surface area (Å²) in [5, 5.41) is 3.47. The highest BCUT2D eigenvalue weighted by Crippen LogP contribution is 2.36. The number of rotatable bonds is 2. The molecule has 3 heterocycles. The molecule has 5 nitrogen and oxygen atoms in total. The van der Waals surface area contributed by atoms with E-state index in [0.29, 0.717) is 0 Å². The maximum atomic E-state index is 13.6. The topological polar surface area (TPSA) is 85.1 Å². The first-order valence-corrected chi connectivity index (χ1v) is 8.11. The number of fused-ring (bicyclic) bond motifs is 1. The van der Waals surface area contributed by atoms with Gasteiger partial charge in [0.2, 0.25) is 0 Å². The first-order valence-electron chi connectivity index (χ1n) is 8.11. The van der Waals surface area contributed by atoms with Gasteiger partial charge in [0.05, 0.1) is 11.9 Å². The summed E-state index contributed by atoms with van der Waals surface area (Å²) in [5.41, 5.74) is 2.58. The van der Waals surface area contributed by atoms with Gasteiger partial charge in [-0.3, -0.25) is 4.98 Å². The van der Waals surface area contributed by atoms with Crippen molar-refractivity contribution in [2.45, 2.75) is 37.8 Å². The van der Waals surface area contributed by atoms with Crippen molar-refractivity contribution in [1.82, 2.24) is 20.3 Å². The van der Waals surface area contributed by atoms with Crippen LogP contribution in [0.2, 0.25) is 0 Å². The summed E-state index contributed by atoms with van der Waals surface area (Å²) in [6.45, 7) is 2.10. The Morgan fingerprint density at radius 3 is 2.65 bits per heavy atom. The van der Waals surface area contributed by atoms with Gasteiger partial charge in [0, 0.05) is 24.2 Å². The zero-order valence-corrected chi connectivity index (χ0v) is 15.0. The predicted octanol–water partition coefficient (Wildman–Crippen LogP) is 3.38. The largest absolute Gasteiger partial charge is 0.412 e. The van der Waals surface area contributed by atoms with Gasteiger partial charge < -0.3 is 15.8 Å². The molecule has 3 aliphatic heterocycles. The van der Waals surface area contributed by atoms with E-state index in [2.05, 4.69) is 27.2 Å². The average molecular weight is 383 g/mol. The molecule has 3 aliphatic rings. The average Bonchev–Trinajstić information content (AvgIpc) is 3.04. The van der Waals surface area contributed by atoms with E-state index in [-0.39, 0.29) is 35.9 Å². The fourth-order valence-electron chi connectivity index (χ4n) is 3.54. The summed E-state index contributed by atoms with van der Waals surface area (Å²) in [6.07, 6.45) is 5.24. The molecule has 0 radical (unpaired) electrons. The molecule has 0 aliphatic carbocycles. The van der Waals surface area contributed by atoms with Crippen LogP contribution in [0.1, 0.15) is 43.1 Å². The standard InChI is InChI=1S/C18H18F2N4.ClH.H2O/c1-10-6-12(18-22-9-17-15(24-18)4-5-21-17)8-16(23-10)11-2-3-13(19)14(20)7-11;;/h2-5,7,9-10,12,16,23H,6,8H2,1H3,(H,22,24);1H;1H2. The van der Waals surface area contributed by atoms with E-state index in [1.54, 1.807) is 18.5 Å². The van der Waals surface area contributed by atoms with Crippen molar-refractivity contribution in [1.29, 1.82) is 0 Å². The first-order chi connectivity index (χ1) is 11.6. The minimum atomic E-state index is -0.816. The number of piperidine rings is 1. The van der Waals surface area contributed by atoms with Crippen molar-refractivity contribution in [3.8, 4) is 11.4 Å². The summed E-state index contributed by atoms with van der Waals surface area (Å²) < 4.78 is 26.7. The molecule has 0 bridgehead atoms. The van der Waals surface area contributed by atoms with Crippen LogP contribution in [-0.4, -0.2) is 26.5 Å². The number of aromatic nitrogens is 3. The summed E-state index contributed by atoms with van der Waals surface area (Å²) in [5.74, 6) is -0.489. The Kier molecular flexibility index (Phi) is 6.28. The van der Waals surface area contributed by atoms with Crippen molar-refractivity contribution >= 4 is 12.4 Å². The molecule has 4 N–H and O–H groups in total. The van der Waals surface area contributed by atoms with E-state index in [9.17, 15) is 8.78 Å². The SMILES string of the molecule is CC1CC(c2ncc3nccc-3[nH]2)CC(c2ccc(F)c(F)c2)N1.Cl.O. The van der Waals surface area contributed by atoms with E-state index in [1.165, 1.54) is 12.1 Å². The van der Waals surface area contributed by atoms with Crippen LogP contribution >= 0.6 is 12.4 Å². The number of aromatic amines is 1. The van der Waals surface area contributed by atoms with Gasteiger partial charge in [-0.2, -0.15) is 0 Å². The van der Waals surface area contributed by atoms with E-state index in [0.717, 1.165) is 35.6 Å². The van der Waals surface area contributed by atoms with Gasteiger partial charge in [0.25, 0.3) is 0 Å². The lowest BCUT2D eigenvalue weighted by Crippen LogP contribution is -2.38. The van der Waals surface area contributed by atoms with Gasteiger partial charge in [0.15, 0.2) is 11.6 Å². The van der Waals surface area contributed by atoms with Crippen LogP contribution in [0.25, 0.3) is 11.4 Å². The second-order valence-electron chi connectivity index (χ2n) is 6.47. The number of nitrogens with one attached hydrogen (secondary N) is 2. The van der Waals surface area contributed by atoms with Crippen molar-refractivity contribution in [3.05, 3.63) is 59.7 Å². The number of H-pyrrole nitrogens is 1. The number of halogens is 3. The Bertz CT molecular complexity index is 844. The highest BCUT2D eigenvalue weighted by molar-refractivity contribution is 5.85. The summed E-state index contributed by atoms with van der Waals surface area (Å²) in [7, 11) is 0. The molecule has 3 atom stereocenters. The third-order valence-corrected chi connectivity index (χ3v) is 4.70. The zero-order valence-electron chi connectivity index (χ0n) is 14.2. The summed E-state index contributed by atoms with van der Waals surface area (Å²) in [6, 6.07) is 6.27. The number of benzene rings is 1. The number of nitrogens with zero attached hydrogens (tertiary/aromatic N) is 2. The molecule has 0 amide bonds. The van der Waals surface area contributed by atoms with Gasteiger partial charge in [0.1, 0.15) is 11.5 Å². The summed E-state index contributed by atoms with van der Waals surface area (Å²) in [4.78, 5) is 12.1. The Morgan fingerprint density at radius 1 is 1.08 bits per heavy atom. The fraction of sp³-hybridized carbons (Fsp3) is 0.333. The molecule has 26 heavy (non-hydrogen) atoms. The lowest BCUT2D eigenvalue weighted by molar-refractivity contribution is 0.298. The molecular formula is C18H21ClF2N4O. The molecule has 1 saturated heterocycles. The van der Waals surface area contributed by atoms with Crippen LogP contribution in [0.5, 0.6) is 0 Å². The third-order valence-electron chi connectivity index (χ3n) is 4.70. The normalized spacial score (nSPS) is 22.5. The van der Waals surface area contributed by atoms with Crippen molar-refractivity contribution < 1.29 is 14.3 Å². The van der Waals surface area contributed by atoms with Crippen molar-refractivity contribution in [2.75, 3.05) is 0 Å². The molecule has 1 aromatic carbocycles. The Balaban J connectivity index is 0.00000121. The zero-order chi connectivity index (χ0) is 16.7. The Hall–Kier alpha value is -2.09. The molecular weight excluding hydrogens is 362 g/mol. The molecule has 4 rings (SSSR count). The van der Waals surface area contributed by atoms with Gasteiger partial charge in [-0.1, -0.05) is 6.07 Å². The lowest BCUT2D eigenvalue weighted by atomic mass is 9.85. The van der Waals surface area contributed by atoms with Crippen LogP contribution in [0.4, 0.5) is 8.78 Å². The molecule has 1 fully saturated rings. The monoisotopic (exact) mass is 382 g/mol. The second-order valence-corrected chi connectivity index (χ2v) is 6.47. The first kappa shape index (κ1) is 20.2. The van der Waals surface area contributed by atoms with Crippen molar-refractivity contribution in [3.63, 3.8) is 0 Å². The van der Waals surface area contributed by atoms with E-state index >= 15 is 0 Å². The van der Waals surface area contributed by atoms with Gasteiger partial charge in [-0.05, 0) is 43.5 Å². The fourth-order valence-corrected chi connectivity index (χ4v) is 3.54. The quantitative estimate of drug-likeness (QED) is 0.712. The molecule has 0 aromatic heterocycles. The second kappa shape index (κ2) is 8.07. The molecule has 3 unspecified atom stereocenters. The van der Waals surface area contributed by atoms with Crippen LogP contribution in [-0.2, 0) is 0 Å².